The Bertz CT molecular complexity index is 916. The molecule has 0 N–H and O–H groups in total. The maximum Gasteiger partial charge on any atom is 0.471 e. The fourth-order valence-corrected chi connectivity index (χ4v) is 2.99. The van der Waals surface area contributed by atoms with Crippen molar-refractivity contribution in [2.75, 3.05) is 6.61 Å². The number of hydrogen-bond acceptors (Lipinski definition) is 6. The summed E-state index contributed by atoms with van der Waals surface area (Å²) in [5.74, 6) is -1.86. The van der Waals surface area contributed by atoms with Crippen molar-refractivity contribution in [3.05, 3.63) is 44.9 Å². The summed E-state index contributed by atoms with van der Waals surface area (Å²) in [4.78, 5) is 3.24. The number of rotatable bonds is 6. The quantitative estimate of drug-likeness (QED) is 0.277. The highest BCUT2D eigenvalue weighted by atomic mass is 127. The number of hydrogen-bond donors (Lipinski definition) is 0. The lowest BCUT2D eigenvalue weighted by molar-refractivity contribution is -0.159. The van der Waals surface area contributed by atoms with Gasteiger partial charge in [0.1, 0.15) is 5.76 Å². The molecule has 0 amide bonds. The smallest absolute Gasteiger partial charge is 0.471 e. The van der Waals surface area contributed by atoms with E-state index in [1.807, 2.05) is 29.5 Å². The molecule has 27 heavy (non-hydrogen) atoms. The highest BCUT2D eigenvalue weighted by molar-refractivity contribution is 14.1. The van der Waals surface area contributed by atoms with E-state index in [0.717, 1.165) is 11.8 Å². The fourth-order valence-electron chi connectivity index (χ4n) is 2.24. The van der Waals surface area contributed by atoms with Crippen molar-refractivity contribution in [2.45, 2.75) is 25.9 Å². The van der Waals surface area contributed by atoms with Gasteiger partial charge >= 0.3 is 12.1 Å². The van der Waals surface area contributed by atoms with Gasteiger partial charge in [0.05, 0.1) is 15.9 Å². The summed E-state index contributed by atoms with van der Waals surface area (Å²) in [5.41, 5.74) is 0.831. The maximum absolute atomic E-state index is 14.3. The molecule has 3 rings (SSSR count). The van der Waals surface area contributed by atoms with Gasteiger partial charge < -0.3 is 13.8 Å². The molecule has 0 saturated heterocycles. The molecule has 144 valence electrons. The second-order valence-corrected chi connectivity index (χ2v) is 6.74. The number of benzene rings is 1. The summed E-state index contributed by atoms with van der Waals surface area (Å²) in [6.07, 6.45) is -3.60. The van der Waals surface area contributed by atoms with Crippen molar-refractivity contribution in [3.8, 4) is 17.1 Å². The SMILES string of the molecule is Cc1cc(CCCOc2c(F)cc(-c3noc(C(F)(F)F)n3)cc2I)on1. The molecule has 0 aliphatic heterocycles. The lowest BCUT2D eigenvalue weighted by Crippen LogP contribution is -2.05. The van der Waals surface area contributed by atoms with E-state index < -0.39 is 17.9 Å². The molecule has 2 heterocycles. The van der Waals surface area contributed by atoms with Crippen molar-refractivity contribution in [1.29, 1.82) is 0 Å². The Morgan fingerprint density at radius 1 is 1.15 bits per heavy atom. The van der Waals surface area contributed by atoms with Gasteiger partial charge in [0.15, 0.2) is 11.6 Å². The van der Waals surface area contributed by atoms with Crippen LogP contribution in [0.1, 0.15) is 23.8 Å². The summed E-state index contributed by atoms with van der Waals surface area (Å²) in [7, 11) is 0. The van der Waals surface area contributed by atoms with E-state index in [2.05, 4.69) is 19.8 Å². The molecule has 0 atom stereocenters. The van der Waals surface area contributed by atoms with Gasteiger partial charge in [0, 0.05) is 18.1 Å². The Hall–Kier alpha value is -2.18. The van der Waals surface area contributed by atoms with Crippen LogP contribution in [0, 0.1) is 16.3 Å². The first-order valence-electron chi connectivity index (χ1n) is 7.69. The minimum Gasteiger partial charge on any atom is -0.489 e. The molecule has 0 fully saturated rings. The van der Waals surface area contributed by atoms with Gasteiger partial charge in [-0.2, -0.15) is 18.2 Å². The number of aromatic nitrogens is 3. The predicted molar refractivity (Wildman–Crippen MR) is 92.5 cm³/mol. The van der Waals surface area contributed by atoms with Gasteiger partial charge in [-0.3, -0.25) is 0 Å². The van der Waals surface area contributed by atoms with E-state index in [4.69, 9.17) is 9.26 Å². The zero-order chi connectivity index (χ0) is 19.6. The topological polar surface area (TPSA) is 74.2 Å². The van der Waals surface area contributed by atoms with Crippen molar-refractivity contribution in [1.82, 2.24) is 15.3 Å². The van der Waals surface area contributed by atoms with Crippen LogP contribution >= 0.6 is 22.6 Å². The molecule has 2 aromatic heterocycles. The highest BCUT2D eigenvalue weighted by Crippen LogP contribution is 2.33. The zero-order valence-electron chi connectivity index (χ0n) is 13.8. The summed E-state index contributed by atoms with van der Waals surface area (Å²) in [5, 5.41) is 7.01. The first kappa shape index (κ1) is 19.6. The van der Waals surface area contributed by atoms with E-state index in [0.29, 0.717) is 22.2 Å². The number of aryl methyl sites for hydroxylation is 2. The largest absolute Gasteiger partial charge is 0.489 e. The first-order valence-corrected chi connectivity index (χ1v) is 8.77. The molecule has 0 aliphatic carbocycles. The summed E-state index contributed by atoms with van der Waals surface area (Å²) >= 11 is 1.83. The Labute approximate surface area is 164 Å². The van der Waals surface area contributed by atoms with Crippen LogP contribution < -0.4 is 4.74 Å². The monoisotopic (exact) mass is 497 g/mol. The lowest BCUT2D eigenvalue weighted by Gasteiger charge is -2.10. The Morgan fingerprint density at radius 3 is 2.52 bits per heavy atom. The van der Waals surface area contributed by atoms with Crippen LogP contribution in [0.5, 0.6) is 5.75 Å². The summed E-state index contributed by atoms with van der Waals surface area (Å²) < 4.78 is 67.0. The molecule has 3 aromatic rings. The van der Waals surface area contributed by atoms with Crippen LogP contribution in [-0.4, -0.2) is 21.9 Å². The molecule has 6 nitrogen and oxygen atoms in total. The molecule has 0 unspecified atom stereocenters. The average molecular weight is 497 g/mol. The van der Waals surface area contributed by atoms with Crippen molar-refractivity contribution >= 4 is 22.6 Å². The third kappa shape index (κ3) is 4.76. The number of nitrogens with zero attached hydrogens (tertiary/aromatic N) is 3. The summed E-state index contributed by atoms with van der Waals surface area (Å²) in [6.45, 7) is 2.04. The second kappa shape index (κ2) is 7.82. The number of alkyl halides is 3. The van der Waals surface area contributed by atoms with E-state index in [-0.39, 0.29) is 23.7 Å². The van der Waals surface area contributed by atoms with Crippen LogP contribution in [0.2, 0.25) is 0 Å². The fraction of sp³-hybridized carbons (Fsp3) is 0.312. The molecule has 0 saturated carbocycles. The van der Waals surface area contributed by atoms with E-state index in [9.17, 15) is 17.6 Å². The molecule has 0 aliphatic rings. The van der Waals surface area contributed by atoms with Crippen LogP contribution in [0.15, 0.2) is 27.2 Å². The number of halogens is 5. The van der Waals surface area contributed by atoms with Crippen LogP contribution in [0.4, 0.5) is 17.6 Å². The Kier molecular flexibility index (Phi) is 5.67. The summed E-state index contributed by atoms with van der Waals surface area (Å²) in [6, 6.07) is 4.23. The van der Waals surface area contributed by atoms with Crippen molar-refractivity contribution < 1.29 is 31.3 Å². The van der Waals surface area contributed by atoms with Crippen molar-refractivity contribution in [3.63, 3.8) is 0 Å². The van der Waals surface area contributed by atoms with Gasteiger partial charge in [0.2, 0.25) is 5.82 Å². The Morgan fingerprint density at radius 2 is 1.93 bits per heavy atom. The van der Waals surface area contributed by atoms with Gasteiger partial charge in [-0.1, -0.05) is 10.3 Å². The van der Waals surface area contributed by atoms with Crippen LogP contribution in [0.25, 0.3) is 11.4 Å². The van der Waals surface area contributed by atoms with Gasteiger partial charge in [-0.25, -0.2) is 4.39 Å². The van der Waals surface area contributed by atoms with Crippen LogP contribution in [0.3, 0.4) is 0 Å². The molecule has 0 spiro atoms. The molecular weight excluding hydrogens is 485 g/mol. The maximum atomic E-state index is 14.3. The van der Waals surface area contributed by atoms with Gasteiger partial charge in [-0.05, 0) is 48.1 Å². The standard InChI is InChI=1S/C16H12F4IN3O3/c1-8-5-10(26-23-8)3-2-4-25-13-11(17)6-9(7-12(13)21)14-22-15(27-24-14)16(18,19)20/h5-7H,2-4H2,1H3. The normalized spacial score (nSPS) is 11.8. The minimum atomic E-state index is -4.76. The van der Waals surface area contributed by atoms with E-state index >= 15 is 0 Å². The molecule has 11 heteroatoms. The molecule has 0 radical (unpaired) electrons. The highest BCUT2D eigenvalue weighted by Gasteiger charge is 2.38. The Balaban J connectivity index is 1.66. The average Bonchev–Trinajstić information content (AvgIpc) is 3.22. The number of ether oxygens (including phenoxy) is 1. The van der Waals surface area contributed by atoms with E-state index in [1.165, 1.54) is 6.07 Å². The third-order valence-corrected chi connectivity index (χ3v) is 4.22. The minimum absolute atomic E-state index is 0.00707. The third-order valence-electron chi connectivity index (χ3n) is 3.42. The van der Waals surface area contributed by atoms with Gasteiger partial charge in [-0.15, -0.1) is 0 Å². The first-order chi connectivity index (χ1) is 12.7. The van der Waals surface area contributed by atoms with E-state index in [1.54, 1.807) is 6.07 Å². The van der Waals surface area contributed by atoms with Crippen LogP contribution in [-0.2, 0) is 12.6 Å². The predicted octanol–water partition coefficient (Wildman–Crippen LogP) is 4.81. The molecule has 0 bridgehead atoms. The van der Waals surface area contributed by atoms with Gasteiger partial charge in [0.25, 0.3) is 0 Å². The second-order valence-electron chi connectivity index (χ2n) is 5.58. The van der Waals surface area contributed by atoms with Crippen molar-refractivity contribution in [2.24, 2.45) is 0 Å². The zero-order valence-corrected chi connectivity index (χ0v) is 16.0. The molecule has 1 aromatic carbocycles. The lowest BCUT2D eigenvalue weighted by atomic mass is 10.2. The molecular formula is C16H12F4IN3O3.